The lowest BCUT2D eigenvalue weighted by Gasteiger charge is -2.13. The van der Waals surface area contributed by atoms with Gasteiger partial charge in [-0.3, -0.25) is 14.9 Å². The Morgan fingerprint density at radius 2 is 1.78 bits per heavy atom. The Kier molecular flexibility index (Phi) is 4.94. The molecule has 0 aliphatic heterocycles. The van der Waals surface area contributed by atoms with Gasteiger partial charge in [0, 0.05) is 28.0 Å². The second-order valence-corrected chi connectivity index (χ2v) is 6.45. The smallest absolute Gasteiger partial charge is 0.340 e. The number of aromatic nitrogens is 2. The number of rotatable bonds is 5. The number of hydrogen-bond acceptors (Lipinski definition) is 4. The first-order valence-corrected chi connectivity index (χ1v) is 8.77. The maximum absolute atomic E-state index is 12.6. The van der Waals surface area contributed by atoms with Crippen LogP contribution in [-0.4, -0.2) is 32.8 Å². The summed E-state index contributed by atoms with van der Waals surface area (Å²) >= 11 is 0. The number of carbonyl (C=O) groups is 2. The van der Waals surface area contributed by atoms with E-state index in [4.69, 9.17) is 4.74 Å². The fourth-order valence-electron chi connectivity index (χ4n) is 3.28. The van der Waals surface area contributed by atoms with E-state index in [0.29, 0.717) is 22.2 Å². The van der Waals surface area contributed by atoms with Gasteiger partial charge in [-0.1, -0.05) is 0 Å². The number of hydrogen-bond donors (Lipinski definition) is 2. The molecule has 0 spiro atoms. The van der Waals surface area contributed by atoms with Crippen molar-refractivity contribution in [2.75, 3.05) is 12.0 Å². The van der Waals surface area contributed by atoms with E-state index in [2.05, 4.69) is 5.43 Å². The zero-order valence-corrected chi connectivity index (χ0v) is 15.9. The number of ether oxygens (including phenoxy) is 1. The highest BCUT2D eigenvalue weighted by atomic mass is 16.5. The summed E-state index contributed by atoms with van der Waals surface area (Å²) in [5, 5.41) is 10.4. The average molecular weight is 369 g/mol. The molecule has 0 saturated heterocycles. The van der Waals surface area contributed by atoms with Gasteiger partial charge in [-0.15, -0.1) is 0 Å². The van der Waals surface area contributed by atoms with Crippen molar-refractivity contribution in [2.24, 2.45) is 0 Å². The van der Waals surface area contributed by atoms with Gasteiger partial charge < -0.3 is 14.4 Å². The molecule has 2 heterocycles. The number of aromatic hydroxyl groups is 1. The molecule has 3 rings (SSSR count). The molecular formula is C20H23N3O4. The predicted molar refractivity (Wildman–Crippen MR) is 103 cm³/mol. The second kappa shape index (κ2) is 7.19. The molecule has 0 bridgehead atoms. The Labute approximate surface area is 157 Å². The topological polar surface area (TPSA) is 85.5 Å². The van der Waals surface area contributed by atoms with Crippen molar-refractivity contribution in [2.45, 2.75) is 34.2 Å². The minimum absolute atomic E-state index is 0.0313. The lowest BCUT2D eigenvalue weighted by atomic mass is 10.1. The molecule has 7 heteroatoms. The van der Waals surface area contributed by atoms with Crippen LogP contribution in [0.4, 0.5) is 0 Å². The average Bonchev–Trinajstić information content (AvgIpc) is 3.06. The Hall–Kier alpha value is -3.22. The number of nitrogens with one attached hydrogen (secondary N) is 1. The predicted octanol–water partition coefficient (Wildman–Crippen LogP) is 3.02. The number of phenols is 1. The summed E-state index contributed by atoms with van der Waals surface area (Å²) in [6.45, 7) is 7.60. The number of nitrogens with zero attached hydrogens (tertiary/aromatic N) is 2. The van der Waals surface area contributed by atoms with Crippen LogP contribution in [0.15, 0.2) is 30.3 Å². The number of phenolic OH excluding ortho intramolecular Hbond substituents is 1. The van der Waals surface area contributed by atoms with Gasteiger partial charge in [0.2, 0.25) is 0 Å². The molecule has 2 N–H and O–H groups in total. The number of esters is 1. The van der Waals surface area contributed by atoms with E-state index in [1.54, 1.807) is 29.2 Å². The van der Waals surface area contributed by atoms with Crippen molar-refractivity contribution in [3.05, 3.63) is 53.0 Å². The fourth-order valence-corrected chi connectivity index (χ4v) is 3.28. The molecule has 7 nitrogen and oxygen atoms in total. The SMILES string of the molecule is CCOC(=O)c1c(C)n(CC(=O)Nn2c(C)ccc2C)c2ccc(O)cc12. The molecule has 0 atom stereocenters. The lowest BCUT2D eigenvalue weighted by molar-refractivity contribution is -0.117. The number of fused-ring (bicyclic) bond motifs is 1. The van der Waals surface area contributed by atoms with E-state index in [0.717, 1.165) is 11.4 Å². The summed E-state index contributed by atoms with van der Waals surface area (Å²) in [6, 6.07) is 8.59. The van der Waals surface area contributed by atoms with Crippen molar-refractivity contribution < 1.29 is 19.4 Å². The van der Waals surface area contributed by atoms with Gasteiger partial charge in [0.1, 0.15) is 12.3 Å². The van der Waals surface area contributed by atoms with Crippen LogP contribution >= 0.6 is 0 Å². The first kappa shape index (κ1) is 18.6. The van der Waals surface area contributed by atoms with Crippen LogP contribution in [0.1, 0.15) is 34.4 Å². The summed E-state index contributed by atoms with van der Waals surface area (Å²) in [5.74, 6) is -0.643. The molecule has 0 fully saturated rings. The molecule has 0 unspecified atom stereocenters. The fraction of sp³-hybridized carbons (Fsp3) is 0.300. The third kappa shape index (κ3) is 3.40. The van der Waals surface area contributed by atoms with Gasteiger partial charge in [-0.05, 0) is 58.0 Å². The Morgan fingerprint density at radius 1 is 1.11 bits per heavy atom. The van der Waals surface area contributed by atoms with Crippen molar-refractivity contribution in [3.8, 4) is 5.75 Å². The van der Waals surface area contributed by atoms with E-state index in [1.165, 1.54) is 12.1 Å². The quantitative estimate of drug-likeness (QED) is 0.677. The molecule has 27 heavy (non-hydrogen) atoms. The molecule has 0 aliphatic rings. The molecule has 2 aromatic heterocycles. The minimum atomic E-state index is -0.471. The molecule has 0 aliphatic carbocycles. The molecule has 3 aromatic rings. The first-order chi connectivity index (χ1) is 12.8. The van der Waals surface area contributed by atoms with Crippen molar-refractivity contribution >= 4 is 22.8 Å². The largest absolute Gasteiger partial charge is 0.508 e. The van der Waals surface area contributed by atoms with E-state index in [9.17, 15) is 14.7 Å². The number of benzene rings is 1. The summed E-state index contributed by atoms with van der Waals surface area (Å²) in [4.78, 5) is 25.0. The highest BCUT2D eigenvalue weighted by Gasteiger charge is 2.22. The van der Waals surface area contributed by atoms with Crippen LogP contribution in [-0.2, 0) is 16.1 Å². The zero-order valence-electron chi connectivity index (χ0n) is 15.9. The molecule has 0 saturated carbocycles. The van der Waals surface area contributed by atoms with Gasteiger partial charge in [0.05, 0.1) is 12.2 Å². The summed E-state index contributed by atoms with van der Waals surface area (Å²) in [5.41, 5.74) is 6.38. The van der Waals surface area contributed by atoms with Gasteiger partial charge in [0.25, 0.3) is 5.91 Å². The van der Waals surface area contributed by atoms with Crippen LogP contribution in [0, 0.1) is 20.8 Å². The van der Waals surface area contributed by atoms with E-state index >= 15 is 0 Å². The van der Waals surface area contributed by atoms with E-state index in [-0.39, 0.29) is 24.8 Å². The third-order valence-electron chi connectivity index (χ3n) is 4.60. The summed E-state index contributed by atoms with van der Waals surface area (Å²) < 4.78 is 8.63. The number of carbonyl (C=O) groups excluding carboxylic acids is 2. The molecule has 1 amide bonds. The third-order valence-corrected chi connectivity index (χ3v) is 4.60. The van der Waals surface area contributed by atoms with Crippen LogP contribution < -0.4 is 5.43 Å². The van der Waals surface area contributed by atoms with Gasteiger partial charge in [0.15, 0.2) is 0 Å². The standard InChI is InChI=1S/C20H23N3O4/c1-5-27-20(26)19-14(4)22(17-9-8-15(24)10-16(17)19)11-18(25)21-23-12(2)6-7-13(23)3/h6-10,24H,5,11H2,1-4H3,(H,21,25). The molecule has 0 radical (unpaired) electrons. The molecule has 142 valence electrons. The Morgan fingerprint density at radius 3 is 2.41 bits per heavy atom. The summed E-state index contributed by atoms with van der Waals surface area (Å²) in [7, 11) is 0. The van der Waals surface area contributed by atoms with Gasteiger partial charge in [-0.25, -0.2) is 4.79 Å². The van der Waals surface area contributed by atoms with E-state index < -0.39 is 5.97 Å². The lowest BCUT2D eigenvalue weighted by Crippen LogP contribution is -2.28. The molecule has 1 aromatic carbocycles. The van der Waals surface area contributed by atoms with E-state index in [1.807, 2.05) is 26.0 Å². The van der Waals surface area contributed by atoms with Gasteiger partial charge in [-0.2, -0.15) is 0 Å². The second-order valence-electron chi connectivity index (χ2n) is 6.45. The molecular weight excluding hydrogens is 346 g/mol. The van der Waals surface area contributed by atoms with Crippen LogP contribution in [0.25, 0.3) is 10.9 Å². The zero-order chi connectivity index (χ0) is 19.7. The monoisotopic (exact) mass is 369 g/mol. The first-order valence-electron chi connectivity index (χ1n) is 8.77. The normalized spacial score (nSPS) is 11.0. The van der Waals surface area contributed by atoms with Gasteiger partial charge >= 0.3 is 5.97 Å². The Balaban J connectivity index is 2.00. The Bertz CT molecular complexity index is 1010. The summed E-state index contributed by atoms with van der Waals surface area (Å²) in [6.07, 6.45) is 0. The maximum atomic E-state index is 12.6. The number of aryl methyl sites for hydroxylation is 2. The van der Waals surface area contributed by atoms with Crippen molar-refractivity contribution in [1.82, 2.24) is 9.24 Å². The highest BCUT2D eigenvalue weighted by molar-refractivity contribution is 6.06. The highest BCUT2D eigenvalue weighted by Crippen LogP contribution is 2.29. The van der Waals surface area contributed by atoms with Crippen LogP contribution in [0.5, 0.6) is 5.75 Å². The van der Waals surface area contributed by atoms with Crippen molar-refractivity contribution in [3.63, 3.8) is 0 Å². The van der Waals surface area contributed by atoms with Crippen LogP contribution in [0.2, 0.25) is 0 Å². The van der Waals surface area contributed by atoms with Crippen LogP contribution in [0.3, 0.4) is 0 Å². The maximum Gasteiger partial charge on any atom is 0.340 e. The van der Waals surface area contributed by atoms with Crippen molar-refractivity contribution in [1.29, 1.82) is 0 Å². The number of amides is 1. The minimum Gasteiger partial charge on any atom is -0.508 e.